The molecule has 2 amide bonds. The molecule has 36 heavy (non-hydrogen) atoms. The van der Waals surface area contributed by atoms with Crippen molar-refractivity contribution in [2.24, 2.45) is 17.8 Å². The first-order valence-corrected chi connectivity index (χ1v) is 12.9. The topological polar surface area (TPSA) is 66.8 Å². The zero-order valence-corrected chi connectivity index (χ0v) is 20.7. The fourth-order valence-corrected chi connectivity index (χ4v) is 6.16. The van der Waals surface area contributed by atoms with Gasteiger partial charge in [0.1, 0.15) is 0 Å². The number of ether oxygens (including phenoxy) is 1. The summed E-state index contributed by atoms with van der Waals surface area (Å²) in [4.78, 5) is 28.3. The smallest absolute Gasteiger partial charge is 0.238 e. The number of phenolic OH excluding ortho intramolecular Hbond substituents is 1. The minimum Gasteiger partial charge on any atom is -0.505 e. The fourth-order valence-electron chi connectivity index (χ4n) is 6.16. The lowest BCUT2D eigenvalue weighted by atomic mass is 9.69. The van der Waals surface area contributed by atoms with E-state index in [2.05, 4.69) is 13.8 Å². The molecule has 5 rings (SSSR count). The van der Waals surface area contributed by atoms with Crippen LogP contribution in [0, 0.1) is 23.6 Å². The summed E-state index contributed by atoms with van der Waals surface area (Å²) < 4.78 is 20.1. The van der Waals surface area contributed by atoms with Crippen LogP contribution in [0.4, 0.5) is 10.1 Å². The first kappa shape index (κ1) is 24.4. The molecule has 1 N–H and O–H groups in total. The van der Waals surface area contributed by atoms with Gasteiger partial charge in [-0.15, -0.1) is 0 Å². The second-order valence-electron chi connectivity index (χ2n) is 9.93. The SMILES string of the molecule is CCC1=C2[C@@H](CC/C(=C/c3ccc(O)c(F)c3)CC)OC[C@@H]2[C@@H]2C(=O)N(c3ccccc3)C(=O)[C@@H]2C1. The number of phenols is 1. The molecule has 2 aromatic rings. The van der Waals surface area contributed by atoms with Crippen LogP contribution < -0.4 is 4.90 Å². The standard InChI is InChI=1S/C30H32FNO4/c1-3-18(14-19-10-12-25(33)24(31)15-19)11-13-26-27-20(4-2)16-22-28(23(27)17-36-26)30(35)32(29(22)34)21-8-6-5-7-9-21/h5-10,12,14-15,22-23,26,28,33H,3-4,11,13,16-17H2,1-2H3/b18-14+/t22-,23+,26-,28-/m1/s1. The van der Waals surface area contributed by atoms with Crippen molar-refractivity contribution in [2.75, 3.05) is 11.5 Å². The maximum absolute atomic E-state index is 13.8. The Kier molecular flexibility index (Phi) is 6.80. The number of hydrogen-bond acceptors (Lipinski definition) is 4. The molecule has 0 unspecified atom stereocenters. The van der Waals surface area contributed by atoms with Gasteiger partial charge in [0.05, 0.1) is 30.2 Å². The monoisotopic (exact) mass is 489 g/mol. The molecule has 2 fully saturated rings. The molecule has 0 aromatic heterocycles. The maximum atomic E-state index is 13.8. The molecule has 2 aromatic carbocycles. The molecule has 4 atom stereocenters. The van der Waals surface area contributed by atoms with E-state index in [1.54, 1.807) is 6.07 Å². The van der Waals surface area contributed by atoms with Crippen molar-refractivity contribution in [3.8, 4) is 5.75 Å². The molecule has 0 saturated carbocycles. The van der Waals surface area contributed by atoms with E-state index < -0.39 is 5.82 Å². The van der Waals surface area contributed by atoms with Crippen LogP contribution in [0.1, 0.15) is 51.5 Å². The quantitative estimate of drug-likeness (QED) is 0.381. The predicted molar refractivity (Wildman–Crippen MR) is 137 cm³/mol. The lowest BCUT2D eigenvalue weighted by Gasteiger charge is -2.31. The van der Waals surface area contributed by atoms with E-state index in [4.69, 9.17) is 4.74 Å². The third-order valence-corrected chi connectivity index (χ3v) is 7.97. The van der Waals surface area contributed by atoms with Gasteiger partial charge >= 0.3 is 0 Å². The molecule has 1 aliphatic carbocycles. The Balaban J connectivity index is 1.36. The maximum Gasteiger partial charge on any atom is 0.238 e. The van der Waals surface area contributed by atoms with Gasteiger partial charge in [0.15, 0.2) is 11.6 Å². The molecule has 2 saturated heterocycles. The van der Waals surface area contributed by atoms with Gasteiger partial charge in [0.25, 0.3) is 0 Å². The molecule has 0 bridgehead atoms. The molecular weight excluding hydrogens is 457 g/mol. The van der Waals surface area contributed by atoms with Crippen LogP contribution in [-0.2, 0) is 14.3 Å². The number of imide groups is 1. The van der Waals surface area contributed by atoms with Crippen LogP contribution in [0.2, 0.25) is 0 Å². The number of allylic oxidation sites excluding steroid dienone is 2. The van der Waals surface area contributed by atoms with E-state index in [9.17, 15) is 19.1 Å². The summed E-state index contributed by atoms with van der Waals surface area (Å²) in [6, 6.07) is 13.6. The van der Waals surface area contributed by atoms with Crippen molar-refractivity contribution in [3.05, 3.63) is 76.6 Å². The van der Waals surface area contributed by atoms with E-state index in [0.717, 1.165) is 31.2 Å². The van der Waals surface area contributed by atoms with Crippen LogP contribution >= 0.6 is 0 Å². The van der Waals surface area contributed by atoms with Crippen LogP contribution in [0.25, 0.3) is 6.08 Å². The summed E-state index contributed by atoms with van der Waals surface area (Å²) >= 11 is 0. The molecule has 6 heteroatoms. The normalized spacial score (nSPS) is 26.0. The molecule has 2 heterocycles. The second-order valence-corrected chi connectivity index (χ2v) is 9.93. The van der Waals surface area contributed by atoms with E-state index >= 15 is 0 Å². The Morgan fingerprint density at radius 2 is 1.89 bits per heavy atom. The number of hydrogen-bond donors (Lipinski definition) is 1. The van der Waals surface area contributed by atoms with Crippen LogP contribution in [0.3, 0.4) is 0 Å². The molecule has 2 aliphatic heterocycles. The first-order valence-electron chi connectivity index (χ1n) is 12.9. The summed E-state index contributed by atoms with van der Waals surface area (Å²) in [7, 11) is 0. The van der Waals surface area contributed by atoms with Crippen LogP contribution in [-0.4, -0.2) is 29.6 Å². The second kappa shape index (κ2) is 10.0. The highest BCUT2D eigenvalue weighted by atomic mass is 19.1. The van der Waals surface area contributed by atoms with Crippen molar-refractivity contribution in [1.29, 1.82) is 0 Å². The molecule has 0 radical (unpaired) electrons. The number of aromatic hydroxyl groups is 1. The molecule has 3 aliphatic rings. The van der Waals surface area contributed by atoms with Crippen molar-refractivity contribution in [1.82, 2.24) is 0 Å². The predicted octanol–water partition coefficient (Wildman–Crippen LogP) is 6.04. The molecular formula is C30H32FNO4. The third kappa shape index (κ3) is 4.28. The largest absolute Gasteiger partial charge is 0.505 e. The number of carbonyl (C=O) groups excluding carboxylic acids is 2. The van der Waals surface area contributed by atoms with Crippen molar-refractivity contribution in [3.63, 3.8) is 0 Å². The van der Waals surface area contributed by atoms with E-state index in [1.807, 2.05) is 36.4 Å². The third-order valence-electron chi connectivity index (χ3n) is 7.97. The fraction of sp³-hybridized carbons (Fsp3) is 0.400. The Bertz CT molecular complexity index is 1230. The molecule has 188 valence electrons. The summed E-state index contributed by atoms with van der Waals surface area (Å²) in [5.74, 6) is -1.93. The zero-order chi connectivity index (χ0) is 25.4. The van der Waals surface area contributed by atoms with Gasteiger partial charge < -0.3 is 9.84 Å². The van der Waals surface area contributed by atoms with Crippen molar-refractivity contribution in [2.45, 2.75) is 52.1 Å². The number of nitrogens with zero attached hydrogens (tertiary/aromatic N) is 1. The van der Waals surface area contributed by atoms with E-state index in [0.29, 0.717) is 18.7 Å². The lowest BCUT2D eigenvalue weighted by Crippen LogP contribution is -2.34. The average Bonchev–Trinajstić information content (AvgIpc) is 3.42. The number of rotatable bonds is 7. The van der Waals surface area contributed by atoms with Crippen LogP contribution in [0.5, 0.6) is 5.75 Å². The lowest BCUT2D eigenvalue weighted by molar-refractivity contribution is -0.122. The van der Waals surface area contributed by atoms with Gasteiger partial charge in [-0.1, -0.05) is 55.3 Å². The highest BCUT2D eigenvalue weighted by molar-refractivity contribution is 6.22. The molecule has 0 spiro atoms. The van der Waals surface area contributed by atoms with Gasteiger partial charge in [-0.3, -0.25) is 14.5 Å². The summed E-state index contributed by atoms with van der Waals surface area (Å²) in [6.07, 6.45) is 5.73. The van der Waals surface area contributed by atoms with Gasteiger partial charge in [-0.05, 0) is 67.5 Å². The van der Waals surface area contributed by atoms with Gasteiger partial charge in [-0.2, -0.15) is 0 Å². The van der Waals surface area contributed by atoms with Crippen molar-refractivity contribution < 1.29 is 23.8 Å². The highest BCUT2D eigenvalue weighted by Gasteiger charge is 2.57. The molecule has 5 nitrogen and oxygen atoms in total. The highest BCUT2D eigenvalue weighted by Crippen LogP contribution is 2.51. The van der Waals surface area contributed by atoms with Crippen LogP contribution in [0.15, 0.2) is 65.3 Å². The minimum absolute atomic E-state index is 0.0610. The Morgan fingerprint density at radius 3 is 2.58 bits per heavy atom. The van der Waals surface area contributed by atoms with E-state index in [1.165, 1.54) is 33.8 Å². The van der Waals surface area contributed by atoms with E-state index in [-0.39, 0.29) is 41.4 Å². The van der Waals surface area contributed by atoms with Gasteiger partial charge in [0, 0.05) is 5.92 Å². The summed E-state index contributed by atoms with van der Waals surface area (Å²) in [5, 5.41) is 9.46. The number of halogens is 1. The number of fused-ring (bicyclic) bond motifs is 3. The van der Waals surface area contributed by atoms with Gasteiger partial charge in [-0.25, -0.2) is 4.39 Å². The number of amides is 2. The summed E-state index contributed by atoms with van der Waals surface area (Å²) in [6.45, 7) is 4.65. The Labute approximate surface area is 211 Å². The first-order chi connectivity index (χ1) is 17.4. The van der Waals surface area contributed by atoms with Crippen molar-refractivity contribution >= 4 is 23.6 Å². The minimum atomic E-state index is -0.629. The summed E-state index contributed by atoms with van der Waals surface area (Å²) in [5.41, 5.74) is 5.00. The number of para-hydroxylation sites is 1. The zero-order valence-electron chi connectivity index (χ0n) is 20.7. The Morgan fingerprint density at radius 1 is 1.11 bits per heavy atom. The number of benzene rings is 2. The van der Waals surface area contributed by atoms with Gasteiger partial charge in [0.2, 0.25) is 11.8 Å². The average molecular weight is 490 g/mol. The Hall–Kier alpha value is -3.25. The number of carbonyl (C=O) groups is 2. The number of anilines is 1.